The van der Waals surface area contributed by atoms with Crippen molar-refractivity contribution in [3.63, 3.8) is 0 Å². The van der Waals surface area contributed by atoms with E-state index in [4.69, 9.17) is 11.6 Å². The van der Waals surface area contributed by atoms with Gasteiger partial charge < -0.3 is 10.2 Å². The molecule has 4 nitrogen and oxygen atoms in total. The van der Waals surface area contributed by atoms with Crippen LogP contribution < -0.4 is 10.2 Å². The first-order chi connectivity index (χ1) is 9.37. The van der Waals surface area contributed by atoms with Crippen molar-refractivity contribution >= 4 is 45.0 Å². The Balaban J connectivity index is 2.46. The van der Waals surface area contributed by atoms with Gasteiger partial charge in [-0.25, -0.2) is 0 Å². The van der Waals surface area contributed by atoms with Gasteiger partial charge in [0.1, 0.15) is 5.54 Å². The molecule has 1 N–H and O–H groups in total. The average molecular weight is 360 g/mol. The van der Waals surface area contributed by atoms with E-state index in [0.717, 1.165) is 4.47 Å². The summed E-state index contributed by atoms with van der Waals surface area (Å²) in [5.74, 6) is -0.225. The number of halogens is 2. The third-order valence-corrected chi connectivity index (χ3v) is 4.51. The molecule has 0 bridgehead atoms. The number of hydrogen-bond acceptors (Lipinski definition) is 2. The summed E-state index contributed by atoms with van der Waals surface area (Å²) in [7, 11) is 0. The summed E-state index contributed by atoms with van der Waals surface area (Å²) in [6.45, 7) is 3.98. The monoisotopic (exact) mass is 358 g/mol. The number of nitrogens with one attached hydrogen (secondary N) is 1. The molecule has 1 saturated heterocycles. The van der Waals surface area contributed by atoms with E-state index in [2.05, 4.69) is 21.2 Å². The molecule has 1 fully saturated rings. The fourth-order valence-electron chi connectivity index (χ4n) is 2.20. The second-order valence-corrected chi connectivity index (χ2v) is 6.33. The van der Waals surface area contributed by atoms with Gasteiger partial charge in [0.25, 0.3) is 5.91 Å². The molecule has 1 heterocycles. The van der Waals surface area contributed by atoms with Crippen LogP contribution in [-0.2, 0) is 9.59 Å². The first-order valence-electron chi connectivity index (χ1n) is 6.45. The fourth-order valence-corrected chi connectivity index (χ4v) is 2.83. The summed E-state index contributed by atoms with van der Waals surface area (Å²) in [6, 6.07) is 5.28. The number of hydrogen-bond donors (Lipinski definition) is 1. The van der Waals surface area contributed by atoms with Crippen LogP contribution in [0.25, 0.3) is 0 Å². The Morgan fingerprint density at radius 3 is 2.80 bits per heavy atom. The van der Waals surface area contributed by atoms with Gasteiger partial charge in [0, 0.05) is 22.5 Å². The van der Waals surface area contributed by atoms with E-state index < -0.39 is 5.54 Å². The molecule has 1 aliphatic rings. The number of benzene rings is 1. The normalized spacial score (nSPS) is 23.5. The Morgan fingerprint density at radius 1 is 1.45 bits per heavy atom. The summed E-state index contributed by atoms with van der Waals surface area (Å²) in [6.07, 6.45) is 0.812. The highest BCUT2D eigenvalue weighted by atomic mass is 79.9. The minimum Gasteiger partial charge on any atom is -0.342 e. The van der Waals surface area contributed by atoms with Crippen LogP contribution in [0.3, 0.4) is 0 Å². The third kappa shape index (κ3) is 2.83. The Morgan fingerprint density at radius 2 is 2.15 bits per heavy atom. The third-order valence-electron chi connectivity index (χ3n) is 3.60. The lowest BCUT2D eigenvalue weighted by Gasteiger charge is -2.31. The van der Waals surface area contributed by atoms with Crippen molar-refractivity contribution in [2.75, 3.05) is 11.4 Å². The lowest BCUT2D eigenvalue weighted by atomic mass is 9.97. The van der Waals surface area contributed by atoms with Crippen LogP contribution in [0.4, 0.5) is 5.69 Å². The van der Waals surface area contributed by atoms with Gasteiger partial charge in [-0.05, 0) is 47.5 Å². The van der Waals surface area contributed by atoms with Crippen LogP contribution in [0.5, 0.6) is 0 Å². The van der Waals surface area contributed by atoms with Gasteiger partial charge in [-0.1, -0.05) is 18.5 Å². The number of carbonyl (C=O) groups is 2. The first kappa shape index (κ1) is 15.3. The van der Waals surface area contributed by atoms with Gasteiger partial charge in [0.2, 0.25) is 5.91 Å². The SMILES string of the molecule is CCC1(C)NC(=O)CCN(c2cc(Cl)ccc2Br)C1=O. The molecule has 0 aromatic heterocycles. The molecule has 20 heavy (non-hydrogen) atoms. The van der Waals surface area contributed by atoms with Gasteiger partial charge in [0.15, 0.2) is 0 Å². The zero-order valence-electron chi connectivity index (χ0n) is 11.4. The molecule has 2 rings (SSSR count). The molecule has 1 unspecified atom stereocenters. The molecular formula is C14H16BrClN2O2. The minimum atomic E-state index is -0.880. The lowest BCUT2D eigenvalue weighted by Crippen LogP contribution is -2.54. The Labute approximate surface area is 131 Å². The predicted molar refractivity (Wildman–Crippen MR) is 83.0 cm³/mol. The standard InChI is InChI=1S/C14H16BrClN2O2/c1-3-14(2)13(20)18(7-6-12(19)17-14)11-8-9(16)4-5-10(11)15/h4-5,8H,3,6-7H2,1-2H3,(H,17,19). The second kappa shape index (κ2) is 5.74. The van der Waals surface area contributed by atoms with Crippen LogP contribution in [0.15, 0.2) is 22.7 Å². The van der Waals surface area contributed by atoms with Crippen LogP contribution in [0, 0.1) is 0 Å². The maximum atomic E-state index is 12.8. The molecule has 0 aliphatic carbocycles. The minimum absolute atomic E-state index is 0.108. The molecule has 0 radical (unpaired) electrons. The van der Waals surface area contributed by atoms with E-state index in [1.807, 2.05) is 6.92 Å². The van der Waals surface area contributed by atoms with Crippen molar-refractivity contribution in [1.29, 1.82) is 0 Å². The van der Waals surface area contributed by atoms with Gasteiger partial charge in [-0.2, -0.15) is 0 Å². The number of amides is 2. The Kier molecular flexibility index (Phi) is 4.39. The average Bonchev–Trinajstić information content (AvgIpc) is 2.52. The Bertz CT molecular complexity index is 564. The topological polar surface area (TPSA) is 49.4 Å². The number of carbonyl (C=O) groups excluding carboxylic acids is 2. The zero-order valence-corrected chi connectivity index (χ0v) is 13.7. The van der Waals surface area contributed by atoms with Crippen LogP contribution in [0.1, 0.15) is 26.7 Å². The van der Waals surface area contributed by atoms with Gasteiger partial charge >= 0.3 is 0 Å². The Hall–Kier alpha value is -1.07. The van der Waals surface area contributed by atoms with Crippen molar-refractivity contribution in [3.05, 3.63) is 27.7 Å². The summed E-state index contributed by atoms with van der Waals surface area (Å²) in [4.78, 5) is 26.2. The summed E-state index contributed by atoms with van der Waals surface area (Å²) < 4.78 is 0.781. The fraction of sp³-hybridized carbons (Fsp3) is 0.429. The van der Waals surface area contributed by atoms with Gasteiger partial charge in [-0.3, -0.25) is 9.59 Å². The van der Waals surface area contributed by atoms with E-state index in [1.54, 1.807) is 30.0 Å². The van der Waals surface area contributed by atoms with Gasteiger partial charge in [-0.15, -0.1) is 0 Å². The highest BCUT2D eigenvalue weighted by molar-refractivity contribution is 9.10. The first-order valence-corrected chi connectivity index (χ1v) is 7.62. The highest BCUT2D eigenvalue weighted by Crippen LogP contribution is 2.32. The lowest BCUT2D eigenvalue weighted by molar-refractivity contribution is -0.129. The molecule has 108 valence electrons. The molecule has 6 heteroatoms. The van der Waals surface area contributed by atoms with Crippen LogP contribution in [-0.4, -0.2) is 23.9 Å². The van der Waals surface area contributed by atoms with Crippen molar-refractivity contribution in [1.82, 2.24) is 5.32 Å². The van der Waals surface area contributed by atoms with E-state index >= 15 is 0 Å². The molecule has 1 aromatic rings. The molecule has 1 aromatic carbocycles. The maximum absolute atomic E-state index is 12.8. The second-order valence-electron chi connectivity index (χ2n) is 5.04. The van der Waals surface area contributed by atoms with Crippen molar-refractivity contribution in [2.24, 2.45) is 0 Å². The summed E-state index contributed by atoms with van der Waals surface area (Å²) in [5.41, 5.74) is -0.186. The highest BCUT2D eigenvalue weighted by Gasteiger charge is 2.40. The molecule has 0 spiro atoms. The van der Waals surface area contributed by atoms with E-state index in [-0.39, 0.29) is 18.2 Å². The molecule has 2 amide bonds. The quantitative estimate of drug-likeness (QED) is 0.882. The molecule has 1 aliphatic heterocycles. The number of nitrogens with zero attached hydrogens (tertiary/aromatic N) is 1. The zero-order chi connectivity index (χ0) is 14.9. The van der Waals surface area contributed by atoms with Gasteiger partial charge in [0.05, 0.1) is 5.69 Å². The smallest absolute Gasteiger partial charge is 0.252 e. The predicted octanol–water partition coefficient (Wildman–Crippen LogP) is 3.12. The number of rotatable bonds is 2. The van der Waals surface area contributed by atoms with Crippen molar-refractivity contribution in [3.8, 4) is 0 Å². The molecule has 0 saturated carbocycles. The van der Waals surface area contributed by atoms with E-state index in [9.17, 15) is 9.59 Å². The van der Waals surface area contributed by atoms with E-state index in [0.29, 0.717) is 23.7 Å². The molecule has 1 atom stereocenters. The molecular weight excluding hydrogens is 344 g/mol. The van der Waals surface area contributed by atoms with E-state index in [1.165, 1.54) is 0 Å². The van der Waals surface area contributed by atoms with Crippen molar-refractivity contribution in [2.45, 2.75) is 32.2 Å². The summed E-state index contributed by atoms with van der Waals surface area (Å²) in [5, 5.41) is 3.36. The summed E-state index contributed by atoms with van der Waals surface area (Å²) >= 11 is 9.45. The van der Waals surface area contributed by atoms with Crippen LogP contribution >= 0.6 is 27.5 Å². The van der Waals surface area contributed by atoms with Crippen LogP contribution in [0.2, 0.25) is 5.02 Å². The maximum Gasteiger partial charge on any atom is 0.252 e. The number of anilines is 1. The van der Waals surface area contributed by atoms with Crippen molar-refractivity contribution < 1.29 is 9.59 Å². The largest absolute Gasteiger partial charge is 0.342 e.